The van der Waals surface area contributed by atoms with Gasteiger partial charge < -0.3 is 14.5 Å². The highest BCUT2D eigenvalue weighted by atomic mass is 32.1. The first-order valence-corrected chi connectivity index (χ1v) is 12.3. The van der Waals surface area contributed by atoms with Crippen LogP contribution < -0.4 is 9.80 Å². The molecule has 30 heavy (non-hydrogen) atoms. The van der Waals surface area contributed by atoms with Crippen molar-refractivity contribution >= 4 is 27.4 Å². The predicted molar refractivity (Wildman–Crippen MR) is 123 cm³/mol. The first-order valence-electron chi connectivity index (χ1n) is 11.4. The Labute approximate surface area is 182 Å². The maximum absolute atomic E-state index is 5.54. The number of hydrogen-bond donors (Lipinski definition) is 1. The van der Waals surface area contributed by atoms with Gasteiger partial charge in [0.15, 0.2) is 5.82 Å². The maximum atomic E-state index is 5.54. The molecule has 1 N–H and O–H groups in total. The molecule has 2 fully saturated rings. The molecular formula is C24H31N4OS+. The van der Waals surface area contributed by atoms with Crippen LogP contribution in [-0.4, -0.2) is 49.4 Å². The second-order valence-electron chi connectivity index (χ2n) is 8.45. The van der Waals surface area contributed by atoms with E-state index < -0.39 is 0 Å². The van der Waals surface area contributed by atoms with Crippen molar-refractivity contribution in [3.05, 3.63) is 41.5 Å². The lowest BCUT2D eigenvalue weighted by Gasteiger charge is -2.28. The number of rotatable bonds is 4. The molecule has 5 rings (SSSR count). The smallest absolute Gasteiger partial charge is 0.187 e. The number of quaternary nitrogens is 1. The molecule has 0 unspecified atom stereocenters. The summed E-state index contributed by atoms with van der Waals surface area (Å²) < 4.78 is 5.54. The molecule has 0 amide bonds. The zero-order valence-electron chi connectivity index (χ0n) is 17.6. The number of hydrogen-bond acceptors (Lipinski definition) is 5. The quantitative estimate of drug-likeness (QED) is 0.697. The summed E-state index contributed by atoms with van der Waals surface area (Å²) in [5.41, 5.74) is 2.53. The molecule has 2 saturated heterocycles. The molecule has 0 spiro atoms. The van der Waals surface area contributed by atoms with Crippen molar-refractivity contribution in [2.24, 2.45) is 0 Å². The largest absolute Gasteiger partial charge is 0.370 e. The van der Waals surface area contributed by atoms with Gasteiger partial charge in [-0.05, 0) is 18.4 Å². The topological polar surface area (TPSA) is 42.7 Å². The van der Waals surface area contributed by atoms with Gasteiger partial charge in [0.2, 0.25) is 0 Å². The summed E-state index contributed by atoms with van der Waals surface area (Å²) in [5.74, 6) is 2.14. The molecule has 0 radical (unpaired) electrons. The zero-order valence-corrected chi connectivity index (χ0v) is 18.4. The minimum absolute atomic E-state index is 0.841. The second kappa shape index (κ2) is 9.41. The fourth-order valence-corrected chi connectivity index (χ4v) is 5.58. The Morgan fingerprint density at radius 1 is 0.933 bits per heavy atom. The normalized spacial score (nSPS) is 19.0. The van der Waals surface area contributed by atoms with Crippen molar-refractivity contribution in [2.75, 3.05) is 44.3 Å². The Bertz CT molecular complexity index is 960. The SMILES string of the molecule is c1ccc(-c2csc3nc(C[NH+]4CCOCC4)nc(N4CCCCCCC4)c23)cc1. The lowest BCUT2D eigenvalue weighted by atomic mass is 10.0. The molecule has 0 bridgehead atoms. The molecular weight excluding hydrogens is 392 g/mol. The fourth-order valence-electron chi connectivity index (χ4n) is 4.62. The highest BCUT2D eigenvalue weighted by Gasteiger charge is 2.23. The molecule has 2 aliphatic rings. The van der Waals surface area contributed by atoms with E-state index >= 15 is 0 Å². The van der Waals surface area contributed by atoms with E-state index in [1.807, 2.05) is 0 Å². The third-order valence-corrected chi connectivity index (χ3v) is 7.18. The van der Waals surface area contributed by atoms with E-state index in [0.717, 1.165) is 62.4 Å². The van der Waals surface area contributed by atoms with Crippen LogP contribution in [-0.2, 0) is 11.3 Å². The first-order chi connectivity index (χ1) is 14.9. The van der Waals surface area contributed by atoms with Gasteiger partial charge >= 0.3 is 0 Å². The van der Waals surface area contributed by atoms with Gasteiger partial charge in [0.1, 0.15) is 30.3 Å². The summed E-state index contributed by atoms with van der Waals surface area (Å²) in [6.45, 7) is 6.85. The van der Waals surface area contributed by atoms with Crippen molar-refractivity contribution in [2.45, 2.75) is 38.6 Å². The first kappa shape index (κ1) is 19.9. The molecule has 1 aromatic carbocycles. The standard InChI is InChI=1S/C24H30N4OS/c1-2-7-11-28(12-8-3-1)23-22-20(19-9-5-4-6-10-19)18-30-24(22)26-21(25-23)17-27-13-15-29-16-14-27/h4-6,9-10,18H,1-3,7-8,11-17H2/p+1. The lowest BCUT2D eigenvalue weighted by molar-refractivity contribution is -0.922. The molecule has 5 nitrogen and oxygen atoms in total. The number of aromatic nitrogens is 2. The van der Waals surface area contributed by atoms with E-state index in [9.17, 15) is 0 Å². The number of anilines is 1. The van der Waals surface area contributed by atoms with Crippen molar-refractivity contribution in [3.63, 3.8) is 0 Å². The molecule has 4 heterocycles. The summed E-state index contributed by atoms with van der Waals surface area (Å²) >= 11 is 1.76. The van der Waals surface area contributed by atoms with Gasteiger partial charge in [-0.1, -0.05) is 49.6 Å². The van der Waals surface area contributed by atoms with Gasteiger partial charge in [0.25, 0.3) is 0 Å². The van der Waals surface area contributed by atoms with E-state index in [0.29, 0.717) is 0 Å². The Kier molecular flexibility index (Phi) is 6.25. The van der Waals surface area contributed by atoms with Gasteiger partial charge in [0.05, 0.1) is 18.6 Å². The third-order valence-electron chi connectivity index (χ3n) is 6.31. The number of fused-ring (bicyclic) bond motifs is 1. The molecule has 2 aromatic heterocycles. The zero-order chi connectivity index (χ0) is 20.2. The maximum Gasteiger partial charge on any atom is 0.187 e. The average Bonchev–Trinajstić information content (AvgIpc) is 3.19. The van der Waals surface area contributed by atoms with Crippen LogP contribution in [0.15, 0.2) is 35.7 Å². The number of morpholine rings is 1. The van der Waals surface area contributed by atoms with Crippen LogP contribution in [0.2, 0.25) is 0 Å². The minimum atomic E-state index is 0.841. The number of nitrogens with zero attached hydrogens (tertiary/aromatic N) is 3. The molecule has 2 aliphatic heterocycles. The third kappa shape index (κ3) is 4.36. The van der Waals surface area contributed by atoms with Crippen molar-refractivity contribution in [1.29, 1.82) is 0 Å². The van der Waals surface area contributed by atoms with Crippen molar-refractivity contribution in [1.82, 2.24) is 9.97 Å². The molecule has 0 saturated carbocycles. The summed E-state index contributed by atoms with van der Waals surface area (Å²) in [4.78, 5) is 15.4. The van der Waals surface area contributed by atoms with Gasteiger partial charge in [-0.2, -0.15) is 0 Å². The second-order valence-corrected chi connectivity index (χ2v) is 9.31. The molecule has 3 aromatic rings. The Morgan fingerprint density at radius 3 is 2.43 bits per heavy atom. The highest BCUT2D eigenvalue weighted by Crippen LogP contribution is 2.38. The van der Waals surface area contributed by atoms with E-state index in [-0.39, 0.29) is 0 Å². The number of ether oxygens (including phenoxy) is 1. The Hall–Kier alpha value is -2.02. The summed E-state index contributed by atoms with van der Waals surface area (Å²) in [6.07, 6.45) is 6.52. The van der Waals surface area contributed by atoms with Crippen LogP contribution in [0.1, 0.15) is 37.9 Å². The van der Waals surface area contributed by atoms with Crippen LogP contribution in [0, 0.1) is 0 Å². The fraction of sp³-hybridized carbons (Fsp3) is 0.500. The summed E-state index contributed by atoms with van der Waals surface area (Å²) in [7, 11) is 0. The van der Waals surface area contributed by atoms with E-state index in [2.05, 4.69) is 40.6 Å². The van der Waals surface area contributed by atoms with Crippen molar-refractivity contribution < 1.29 is 9.64 Å². The summed E-state index contributed by atoms with van der Waals surface area (Å²) in [5, 5.41) is 3.51. The predicted octanol–water partition coefficient (Wildman–Crippen LogP) is 3.54. The van der Waals surface area contributed by atoms with Crippen molar-refractivity contribution in [3.8, 4) is 11.1 Å². The lowest BCUT2D eigenvalue weighted by Crippen LogP contribution is -3.12. The minimum Gasteiger partial charge on any atom is -0.370 e. The van der Waals surface area contributed by atoms with Crippen LogP contribution >= 0.6 is 11.3 Å². The molecule has 0 atom stereocenters. The van der Waals surface area contributed by atoms with Crippen LogP contribution in [0.25, 0.3) is 21.3 Å². The van der Waals surface area contributed by atoms with Crippen LogP contribution in [0.4, 0.5) is 5.82 Å². The number of nitrogens with one attached hydrogen (secondary N) is 1. The van der Waals surface area contributed by atoms with Crippen LogP contribution in [0.3, 0.4) is 0 Å². The molecule has 158 valence electrons. The van der Waals surface area contributed by atoms with E-state index in [1.165, 1.54) is 53.5 Å². The average molecular weight is 424 g/mol. The van der Waals surface area contributed by atoms with Gasteiger partial charge in [-0.15, -0.1) is 11.3 Å². The number of benzene rings is 1. The van der Waals surface area contributed by atoms with Gasteiger partial charge in [-0.25, -0.2) is 9.97 Å². The van der Waals surface area contributed by atoms with E-state index in [1.54, 1.807) is 11.3 Å². The highest BCUT2D eigenvalue weighted by molar-refractivity contribution is 7.17. The van der Waals surface area contributed by atoms with Gasteiger partial charge in [0, 0.05) is 24.0 Å². The van der Waals surface area contributed by atoms with Gasteiger partial charge in [-0.3, -0.25) is 0 Å². The Balaban J connectivity index is 1.57. The summed E-state index contributed by atoms with van der Waals surface area (Å²) in [6, 6.07) is 10.7. The van der Waals surface area contributed by atoms with Crippen LogP contribution in [0.5, 0.6) is 0 Å². The Morgan fingerprint density at radius 2 is 1.67 bits per heavy atom. The number of thiophene rings is 1. The molecule has 0 aliphatic carbocycles. The monoisotopic (exact) mass is 423 g/mol. The van der Waals surface area contributed by atoms with E-state index in [4.69, 9.17) is 14.7 Å². The molecule has 6 heteroatoms.